The van der Waals surface area contributed by atoms with Crippen LogP contribution >= 0.6 is 11.8 Å². The normalized spacial score (nSPS) is 10.8. The second-order valence-electron chi connectivity index (χ2n) is 4.98. The highest BCUT2D eigenvalue weighted by molar-refractivity contribution is 8.00. The summed E-state index contributed by atoms with van der Waals surface area (Å²) in [6.07, 6.45) is 0. The van der Waals surface area contributed by atoms with Crippen LogP contribution in [0.3, 0.4) is 0 Å². The Morgan fingerprint density at radius 3 is 1.70 bits per heavy atom. The number of benzene rings is 2. The summed E-state index contributed by atoms with van der Waals surface area (Å²) in [7, 11) is 0. The second-order valence-corrected chi connectivity index (χ2v) is 6.07. The molecule has 2 rings (SSSR count). The van der Waals surface area contributed by atoms with Crippen LogP contribution in [0.2, 0.25) is 0 Å². The van der Waals surface area contributed by atoms with Crippen molar-refractivity contribution in [3.63, 3.8) is 0 Å². The summed E-state index contributed by atoms with van der Waals surface area (Å²) in [5.74, 6) is 0.0473. The number of aryl methyl sites for hydroxylation is 2. The van der Waals surface area contributed by atoms with E-state index in [2.05, 4.69) is 62.4 Å². The van der Waals surface area contributed by atoms with Gasteiger partial charge in [-0.05, 0) is 25.0 Å². The quantitative estimate of drug-likeness (QED) is 0.912. The molecular weight excluding hydrogens is 266 g/mol. The van der Waals surface area contributed by atoms with E-state index in [0.717, 1.165) is 0 Å². The number of amides is 1. The number of carbonyl (C=O) groups is 1. The number of rotatable bonds is 5. The van der Waals surface area contributed by atoms with Crippen molar-refractivity contribution in [2.75, 3.05) is 5.75 Å². The molecule has 0 radical (unpaired) electrons. The van der Waals surface area contributed by atoms with E-state index >= 15 is 0 Å². The summed E-state index contributed by atoms with van der Waals surface area (Å²) in [6, 6.07) is 16.9. The van der Waals surface area contributed by atoms with Gasteiger partial charge >= 0.3 is 0 Å². The van der Waals surface area contributed by atoms with E-state index in [-0.39, 0.29) is 11.2 Å². The van der Waals surface area contributed by atoms with Crippen LogP contribution in [0.15, 0.2) is 48.5 Å². The largest absolute Gasteiger partial charge is 0.369 e. The lowest BCUT2D eigenvalue weighted by molar-refractivity contribution is -0.115. The van der Waals surface area contributed by atoms with Gasteiger partial charge in [0.2, 0.25) is 5.91 Å². The van der Waals surface area contributed by atoms with Crippen molar-refractivity contribution >= 4 is 17.7 Å². The molecule has 0 heterocycles. The zero-order valence-electron chi connectivity index (χ0n) is 11.8. The van der Waals surface area contributed by atoms with Gasteiger partial charge < -0.3 is 5.73 Å². The van der Waals surface area contributed by atoms with Gasteiger partial charge in [-0.3, -0.25) is 4.79 Å². The van der Waals surface area contributed by atoms with Crippen LogP contribution in [0.5, 0.6) is 0 Å². The summed E-state index contributed by atoms with van der Waals surface area (Å²) < 4.78 is 0. The number of hydrogen-bond donors (Lipinski definition) is 1. The molecular formula is C17H19NOS. The number of nitrogens with two attached hydrogens (primary N) is 1. The maximum atomic E-state index is 11.1. The monoisotopic (exact) mass is 285 g/mol. The van der Waals surface area contributed by atoms with E-state index in [1.807, 2.05) is 0 Å². The molecule has 0 bridgehead atoms. The number of primary amides is 1. The van der Waals surface area contributed by atoms with Crippen molar-refractivity contribution in [2.24, 2.45) is 5.73 Å². The van der Waals surface area contributed by atoms with Crippen molar-refractivity contribution in [1.29, 1.82) is 0 Å². The van der Waals surface area contributed by atoms with Crippen molar-refractivity contribution in [1.82, 2.24) is 0 Å². The Bertz CT molecular complexity index is 529. The van der Waals surface area contributed by atoms with E-state index in [1.54, 1.807) is 11.8 Å². The molecule has 104 valence electrons. The van der Waals surface area contributed by atoms with Gasteiger partial charge in [0.15, 0.2) is 0 Å². The fourth-order valence-corrected chi connectivity index (χ4v) is 3.06. The summed E-state index contributed by atoms with van der Waals surface area (Å²) in [6.45, 7) is 4.14. The summed E-state index contributed by atoms with van der Waals surface area (Å²) >= 11 is 1.57. The third-order valence-electron chi connectivity index (χ3n) is 3.15. The smallest absolute Gasteiger partial charge is 0.227 e. The lowest BCUT2D eigenvalue weighted by atomic mass is 10.0. The van der Waals surface area contributed by atoms with Gasteiger partial charge in [-0.2, -0.15) is 0 Å². The van der Waals surface area contributed by atoms with Gasteiger partial charge in [0, 0.05) is 0 Å². The zero-order valence-corrected chi connectivity index (χ0v) is 12.6. The average molecular weight is 285 g/mol. The minimum atomic E-state index is -0.278. The third kappa shape index (κ3) is 3.87. The maximum absolute atomic E-state index is 11.1. The molecule has 2 N–H and O–H groups in total. The van der Waals surface area contributed by atoms with Gasteiger partial charge in [0.1, 0.15) is 0 Å². The van der Waals surface area contributed by atoms with Crippen LogP contribution in [0, 0.1) is 13.8 Å². The van der Waals surface area contributed by atoms with Crippen LogP contribution in [0.1, 0.15) is 27.5 Å². The zero-order chi connectivity index (χ0) is 14.5. The van der Waals surface area contributed by atoms with Gasteiger partial charge in [-0.1, -0.05) is 59.7 Å². The lowest BCUT2D eigenvalue weighted by Crippen LogP contribution is -2.14. The molecule has 0 spiro atoms. The molecule has 3 heteroatoms. The molecule has 0 fully saturated rings. The van der Waals surface area contributed by atoms with Crippen LogP contribution < -0.4 is 5.73 Å². The first kappa shape index (κ1) is 14.7. The van der Waals surface area contributed by atoms with Gasteiger partial charge in [0.05, 0.1) is 11.0 Å². The van der Waals surface area contributed by atoms with Gasteiger partial charge in [0.25, 0.3) is 0 Å². The number of thioether (sulfide) groups is 1. The SMILES string of the molecule is Cc1ccc(C(SCC(N)=O)c2ccc(C)cc2)cc1. The highest BCUT2D eigenvalue weighted by Crippen LogP contribution is 2.35. The number of carbonyl (C=O) groups excluding carboxylic acids is 1. The van der Waals surface area contributed by atoms with E-state index < -0.39 is 0 Å². The predicted molar refractivity (Wildman–Crippen MR) is 85.9 cm³/mol. The molecule has 2 aromatic rings. The van der Waals surface area contributed by atoms with Gasteiger partial charge in [-0.15, -0.1) is 11.8 Å². The molecule has 0 saturated heterocycles. The first-order valence-electron chi connectivity index (χ1n) is 6.59. The minimum absolute atomic E-state index is 0.142. The topological polar surface area (TPSA) is 43.1 Å². The first-order chi connectivity index (χ1) is 9.56. The molecule has 0 unspecified atom stereocenters. The Kier molecular flexibility index (Phi) is 4.85. The van der Waals surface area contributed by atoms with Crippen molar-refractivity contribution in [3.8, 4) is 0 Å². The van der Waals surface area contributed by atoms with Crippen LogP contribution in [0.25, 0.3) is 0 Å². The molecule has 1 amide bonds. The Hall–Kier alpha value is -1.74. The Morgan fingerprint density at radius 1 is 0.950 bits per heavy atom. The molecule has 0 aromatic heterocycles. The Labute approximate surface area is 124 Å². The highest BCUT2D eigenvalue weighted by Gasteiger charge is 2.15. The molecule has 0 aliphatic rings. The average Bonchev–Trinajstić information content (AvgIpc) is 2.42. The first-order valence-corrected chi connectivity index (χ1v) is 7.64. The van der Waals surface area contributed by atoms with E-state index in [9.17, 15) is 4.79 Å². The maximum Gasteiger partial charge on any atom is 0.227 e. The molecule has 2 aromatic carbocycles. The van der Waals surface area contributed by atoms with Crippen LogP contribution in [-0.4, -0.2) is 11.7 Å². The molecule has 0 saturated carbocycles. The summed E-state index contributed by atoms with van der Waals surface area (Å²) in [5.41, 5.74) is 10.2. The number of hydrogen-bond acceptors (Lipinski definition) is 2. The van der Waals surface area contributed by atoms with Crippen LogP contribution in [-0.2, 0) is 4.79 Å². The summed E-state index contributed by atoms with van der Waals surface area (Å²) in [5, 5.41) is 0.142. The van der Waals surface area contributed by atoms with E-state index in [1.165, 1.54) is 22.3 Å². The minimum Gasteiger partial charge on any atom is -0.369 e. The molecule has 0 aliphatic heterocycles. The fraction of sp³-hybridized carbons (Fsp3) is 0.235. The lowest BCUT2D eigenvalue weighted by Gasteiger charge is -2.17. The van der Waals surface area contributed by atoms with Gasteiger partial charge in [-0.25, -0.2) is 0 Å². The van der Waals surface area contributed by atoms with E-state index in [0.29, 0.717) is 5.75 Å². The van der Waals surface area contributed by atoms with E-state index in [4.69, 9.17) is 5.73 Å². The highest BCUT2D eigenvalue weighted by atomic mass is 32.2. The second kappa shape index (κ2) is 6.62. The van der Waals surface area contributed by atoms with Crippen molar-refractivity contribution in [3.05, 3.63) is 70.8 Å². The van der Waals surface area contributed by atoms with Crippen molar-refractivity contribution < 1.29 is 4.79 Å². The predicted octanol–water partition coefficient (Wildman–Crippen LogP) is 3.61. The fourth-order valence-electron chi connectivity index (χ4n) is 2.03. The molecule has 0 aliphatic carbocycles. The Balaban J connectivity index is 2.30. The standard InChI is InChI=1S/C17H19NOS/c1-12-3-7-14(8-4-12)17(20-11-16(18)19)15-9-5-13(2)6-10-15/h3-10,17H,11H2,1-2H3,(H2,18,19). The molecule has 20 heavy (non-hydrogen) atoms. The molecule has 2 nitrogen and oxygen atoms in total. The third-order valence-corrected chi connectivity index (χ3v) is 4.48. The van der Waals surface area contributed by atoms with Crippen molar-refractivity contribution in [2.45, 2.75) is 19.1 Å². The molecule has 0 atom stereocenters. The van der Waals surface area contributed by atoms with Crippen LogP contribution in [0.4, 0.5) is 0 Å². The summed E-state index contributed by atoms with van der Waals surface area (Å²) in [4.78, 5) is 11.1. The Morgan fingerprint density at radius 2 is 1.35 bits per heavy atom.